The predicted octanol–water partition coefficient (Wildman–Crippen LogP) is 2.75. The number of nitrogens with one attached hydrogen (secondary N) is 1. The lowest BCUT2D eigenvalue weighted by Crippen LogP contribution is -2.44. The molecule has 0 spiro atoms. The van der Waals surface area contributed by atoms with Gasteiger partial charge in [0.15, 0.2) is 6.61 Å². The number of hydrogen-bond donors (Lipinski definition) is 1. The molecule has 172 valence electrons. The van der Waals surface area contributed by atoms with Crippen LogP contribution in [0.5, 0.6) is 0 Å². The third kappa shape index (κ3) is 5.93. The third-order valence-electron chi connectivity index (χ3n) is 5.15. The maximum atomic E-state index is 12.9. The SMILES string of the molecule is COCc1nc2ccccc2c(C)c1C(=O)OCC(=O)NC(Cc1ccccc1)C(=O)OC. The molecular formula is C25H26N2O6. The standard InChI is InChI=1S/C25H26N2O6/c1-16-18-11-7-8-12-19(18)26-21(14-31-2)23(16)25(30)33-15-22(28)27-20(24(29)32-3)13-17-9-5-4-6-10-17/h4-12,20H,13-15H2,1-3H3,(H,27,28). The van der Waals surface area contributed by atoms with Gasteiger partial charge in [0.1, 0.15) is 6.04 Å². The summed E-state index contributed by atoms with van der Waals surface area (Å²) in [6.07, 6.45) is 0.249. The molecule has 0 radical (unpaired) electrons. The van der Waals surface area contributed by atoms with Crippen LogP contribution in [0.2, 0.25) is 0 Å². The molecule has 0 saturated heterocycles. The van der Waals surface area contributed by atoms with E-state index in [9.17, 15) is 14.4 Å². The van der Waals surface area contributed by atoms with Gasteiger partial charge in [-0.15, -0.1) is 0 Å². The number of hydrogen-bond acceptors (Lipinski definition) is 7. The molecule has 0 saturated carbocycles. The number of carbonyl (C=O) groups is 3. The van der Waals surface area contributed by atoms with Crippen molar-refractivity contribution in [1.29, 1.82) is 0 Å². The number of aryl methyl sites for hydroxylation is 1. The van der Waals surface area contributed by atoms with Crippen molar-refractivity contribution in [2.75, 3.05) is 20.8 Å². The molecule has 0 aliphatic heterocycles. The summed E-state index contributed by atoms with van der Waals surface area (Å²) in [5.41, 5.74) is 2.97. The van der Waals surface area contributed by atoms with Crippen molar-refractivity contribution in [2.45, 2.75) is 26.0 Å². The highest BCUT2D eigenvalue weighted by atomic mass is 16.5. The molecule has 0 aliphatic rings. The van der Waals surface area contributed by atoms with Gasteiger partial charge in [0, 0.05) is 18.9 Å². The second-order valence-corrected chi connectivity index (χ2v) is 7.42. The summed E-state index contributed by atoms with van der Waals surface area (Å²) in [5.74, 6) is -1.89. The molecule has 8 heteroatoms. The average Bonchev–Trinajstić information content (AvgIpc) is 2.82. The Balaban J connectivity index is 1.72. The summed E-state index contributed by atoms with van der Waals surface area (Å²) in [6.45, 7) is 1.36. The van der Waals surface area contributed by atoms with E-state index in [2.05, 4.69) is 10.3 Å². The number of rotatable bonds is 9. The Morgan fingerprint density at radius 1 is 1.00 bits per heavy atom. The topological polar surface area (TPSA) is 104 Å². The molecule has 33 heavy (non-hydrogen) atoms. The highest BCUT2D eigenvalue weighted by Crippen LogP contribution is 2.24. The lowest BCUT2D eigenvalue weighted by atomic mass is 10.0. The molecule has 3 rings (SSSR count). The van der Waals surface area contributed by atoms with Gasteiger partial charge in [0.05, 0.1) is 30.5 Å². The Hall–Kier alpha value is -3.78. The number of ether oxygens (including phenoxy) is 3. The highest BCUT2D eigenvalue weighted by Gasteiger charge is 2.24. The van der Waals surface area contributed by atoms with Crippen molar-refractivity contribution in [3.63, 3.8) is 0 Å². The summed E-state index contributed by atoms with van der Waals surface area (Å²) < 4.78 is 15.3. The first-order valence-corrected chi connectivity index (χ1v) is 10.4. The van der Waals surface area contributed by atoms with E-state index in [-0.39, 0.29) is 18.6 Å². The quantitative estimate of drug-likeness (QED) is 0.500. The molecule has 3 aromatic rings. The molecule has 1 unspecified atom stereocenters. The first kappa shape index (κ1) is 23.9. The number of methoxy groups -OCH3 is 2. The van der Waals surface area contributed by atoms with Crippen LogP contribution < -0.4 is 5.32 Å². The van der Waals surface area contributed by atoms with Crippen LogP contribution in [0.15, 0.2) is 54.6 Å². The maximum Gasteiger partial charge on any atom is 0.340 e. The number of carbonyl (C=O) groups excluding carboxylic acids is 3. The fraction of sp³-hybridized carbons (Fsp3) is 0.280. The van der Waals surface area contributed by atoms with Gasteiger partial charge in [-0.3, -0.25) is 4.79 Å². The van der Waals surface area contributed by atoms with E-state index in [4.69, 9.17) is 14.2 Å². The van der Waals surface area contributed by atoms with Gasteiger partial charge in [-0.2, -0.15) is 0 Å². The summed E-state index contributed by atoms with van der Waals surface area (Å²) >= 11 is 0. The fourth-order valence-electron chi connectivity index (χ4n) is 3.58. The van der Waals surface area contributed by atoms with Crippen LogP contribution in [0, 0.1) is 6.92 Å². The van der Waals surface area contributed by atoms with Gasteiger partial charge in [-0.25, -0.2) is 14.6 Å². The van der Waals surface area contributed by atoms with Gasteiger partial charge >= 0.3 is 11.9 Å². The number of para-hydroxylation sites is 1. The number of amides is 1. The Bertz CT molecular complexity index is 1150. The highest BCUT2D eigenvalue weighted by molar-refractivity contribution is 5.99. The third-order valence-corrected chi connectivity index (χ3v) is 5.15. The molecule has 1 atom stereocenters. The van der Waals surface area contributed by atoms with E-state index in [1.807, 2.05) is 54.6 Å². The molecule has 8 nitrogen and oxygen atoms in total. The van der Waals surface area contributed by atoms with E-state index in [1.54, 1.807) is 6.92 Å². The smallest absolute Gasteiger partial charge is 0.340 e. The average molecular weight is 450 g/mol. The second-order valence-electron chi connectivity index (χ2n) is 7.42. The van der Waals surface area contributed by atoms with Crippen molar-refractivity contribution < 1.29 is 28.6 Å². The van der Waals surface area contributed by atoms with E-state index in [0.29, 0.717) is 11.3 Å². The van der Waals surface area contributed by atoms with Gasteiger partial charge in [-0.1, -0.05) is 48.5 Å². The minimum atomic E-state index is -0.906. The van der Waals surface area contributed by atoms with Crippen LogP contribution in [-0.4, -0.2) is 49.7 Å². The number of benzene rings is 2. The molecule has 1 N–H and O–H groups in total. The van der Waals surface area contributed by atoms with Crippen LogP contribution in [0.1, 0.15) is 27.2 Å². The van der Waals surface area contributed by atoms with Crippen LogP contribution in [0.25, 0.3) is 10.9 Å². The van der Waals surface area contributed by atoms with Crippen molar-refractivity contribution in [2.24, 2.45) is 0 Å². The van der Waals surface area contributed by atoms with Gasteiger partial charge in [0.25, 0.3) is 5.91 Å². The fourth-order valence-corrected chi connectivity index (χ4v) is 3.58. The second kappa shape index (κ2) is 11.2. The van der Waals surface area contributed by atoms with Crippen LogP contribution >= 0.6 is 0 Å². The van der Waals surface area contributed by atoms with Crippen molar-refractivity contribution in [3.05, 3.63) is 77.0 Å². The Labute approximate surface area is 191 Å². The monoisotopic (exact) mass is 450 g/mol. The molecule has 0 fully saturated rings. The van der Waals surface area contributed by atoms with Crippen LogP contribution in [0.3, 0.4) is 0 Å². The molecule has 1 heterocycles. The summed E-state index contributed by atoms with van der Waals surface area (Å²) in [5, 5.41) is 3.38. The molecule has 1 aromatic heterocycles. The van der Waals surface area contributed by atoms with E-state index < -0.39 is 30.5 Å². The Morgan fingerprint density at radius 3 is 2.39 bits per heavy atom. The maximum absolute atomic E-state index is 12.9. The normalized spacial score (nSPS) is 11.6. The first-order chi connectivity index (χ1) is 15.9. The zero-order chi connectivity index (χ0) is 23.8. The summed E-state index contributed by atoms with van der Waals surface area (Å²) in [4.78, 5) is 42.0. The lowest BCUT2D eigenvalue weighted by molar-refractivity contribution is -0.145. The van der Waals surface area contributed by atoms with Gasteiger partial charge in [0.2, 0.25) is 0 Å². The van der Waals surface area contributed by atoms with Gasteiger partial charge in [-0.05, 0) is 24.1 Å². The zero-order valence-electron chi connectivity index (χ0n) is 18.8. The molecule has 2 aromatic carbocycles. The molecule has 0 bridgehead atoms. The molecular weight excluding hydrogens is 424 g/mol. The zero-order valence-corrected chi connectivity index (χ0v) is 18.8. The summed E-state index contributed by atoms with van der Waals surface area (Å²) in [6, 6.07) is 15.7. The summed E-state index contributed by atoms with van der Waals surface area (Å²) in [7, 11) is 2.76. The van der Waals surface area contributed by atoms with Crippen molar-refractivity contribution >= 4 is 28.7 Å². The van der Waals surface area contributed by atoms with Crippen LogP contribution in [0.4, 0.5) is 0 Å². The van der Waals surface area contributed by atoms with Crippen molar-refractivity contribution in [3.8, 4) is 0 Å². The predicted molar refractivity (Wildman–Crippen MR) is 122 cm³/mol. The Kier molecular flexibility index (Phi) is 8.10. The largest absolute Gasteiger partial charge is 0.467 e. The lowest BCUT2D eigenvalue weighted by Gasteiger charge is -2.17. The van der Waals surface area contributed by atoms with E-state index >= 15 is 0 Å². The minimum Gasteiger partial charge on any atom is -0.467 e. The van der Waals surface area contributed by atoms with Crippen molar-refractivity contribution in [1.82, 2.24) is 10.3 Å². The van der Waals surface area contributed by atoms with E-state index in [1.165, 1.54) is 14.2 Å². The number of aromatic nitrogens is 1. The number of esters is 2. The molecule has 1 amide bonds. The Morgan fingerprint density at radius 2 is 1.70 bits per heavy atom. The first-order valence-electron chi connectivity index (χ1n) is 10.4. The number of nitrogens with zero attached hydrogens (tertiary/aromatic N) is 1. The number of pyridine rings is 1. The molecule has 0 aliphatic carbocycles. The van der Waals surface area contributed by atoms with Gasteiger partial charge < -0.3 is 19.5 Å². The van der Waals surface area contributed by atoms with E-state index in [0.717, 1.165) is 16.5 Å². The number of fused-ring (bicyclic) bond motifs is 1. The van der Waals surface area contributed by atoms with Crippen LogP contribution in [-0.2, 0) is 36.8 Å². The minimum absolute atomic E-state index is 0.115.